The Labute approximate surface area is 191 Å². The van der Waals surface area contributed by atoms with Gasteiger partial charge in [-0.3, -0.25) is 4.79 Å². The molecule has 1 aliphatic rings. The number of rotatable bonds is 4. The minimum Gasteiger partial charge on any atom is -0.381 e. The van der Waals surface area contributed by atoms with Crippen molar-refractivity contribution in [2.75, 3.05) is 41.7 Å². The SMILES string of the molecule is Cn1nc(-c2nc(N3CCN(c4ccccc4)CC3)c(N)nc2-c2ccccc2)ccc1=O. The summed E-state index contributed by atoms with van der Waals surface area (Å²) in [5.41, 5.74) is 10.2. The maximum absolute atomic E-state index is 11.9. The summed E-state index contributed by atoms with van der Waals surface area (Å²) in [4.78, 5) is 26.1. The molecule has 0 amide bonds. The van der Waals surface area contributed by atoms with Gasteiger partial charge in [0, 0.05) is 50.5 Å². The van der Waals surface area contributed by atoms with E-state index in [1.165, 1.54) is 16.4 Å². The molecule has 2 aromatic carbocycles. The minimum atomic E-state index is -0.180. The molecule has 1 saturated heterocycles. The molecule has 0 saturated carbocycles. The lowest BCUT2D eigenvalue weighted by atomic mass is 10.1. The molecule has 0 atom stereocenters. The van der Waals surface area contributed by atoms with Gasteiger partial charge in [-0.2, -0.15) is 5.10 Å². The van der Waals surface area contributed by atoms with Crippen LogP contribution in [0.3, 0.4) is 0 Å². The fraction of sp³-hybridized carbons (Fsp3) is 0.200. The molecule has 0 unspecified atom stereocenters. The summed E-state index contributed by atoms with van der Waals surface area (Å²) in [5.74, 6) is 1.03. The molecular formula is C25H25N7O. The van der Waals surface area contributed by atoms with E-state index < -0.39 is 0 Å². The van der Waals surface area contributed by atoms with Gasteiger partial charge in [-0.25, -0.2) is 14.6 Å². The Balaban J connectivity index is 1.52. The molecule has 4 aromatic rings. The van der Waals surface area contributed by atoms with Crippen molar-refractivity contribution in [2.24, 2.45) is 7.05 Å². The molecular weight excluding hydrogens is 414 g/mol. The van der Waals surface area contributed by atoms with E-state index in [-0.39, 0.29) is 5.56 Å². The van der Waals surface area contributed by atoms with E-state index in [0.717, 1.165) is 31.7 Å². The third-order valence-electron chi connectivity index (χ3n) is 5.85. The molecule has 2 aromatic heterocycles. The molecule has 0 aliphatic carbocycles. The number of nitrogens with zero attached hydrogens (tertiary/aromatic N) is 6. The van der Waals surface area contributed by atoms with Crippen LogP contribution in [0.1, 0.15) is 0 Å². The van der Waals surface area contributed by atoms with Gasteiger partial charge >= 0.3 is 0 Å². The third-order valence-corrected chi connectivity index (χ3v) is 5.85. The van der Waals surface area contributed by atoms with Crippen LogP contribution in [0.4, 0.5) is 17.3 Å². The van der Waals surface area contributed by atoms with Gasteiger partial charge in [0.2, 0.25) is 0 Å². The topological polar surface area (TPSA) is 93.2 Å². The molecule has 0 spiro atoms. The fourth-order valence-corrected chi connectivity index (χ4v) is 4.09. The molecule has 1 fully saturated rings. The molecule has 8 nitrogen and oxygen atoms in total. The first-order valence-corrected chi connectivity index (χ1v) is 10.9. The van der Waals surface area contributed by atoms with E-state index in [0.29, 0.717) is 28.7 Å². The van der Waals surface area contributed by atoms with E-state index in [4.69, 9.17) is 15.7 Å². The van der Waals surface area contributed by atoms with Gasteiger partial charge in [0.05, 0.1) is 0 Å². The van der Waals surface area contributed by atoms with Crippen molar-refractivity contribution in [3.63, 3.8) is 0 Å². The van der Waals surface area contributed by atoms with Crippen LogP contribution in [0.15, 0.2) is 77.6 Å². The quantitative estimate of drug-likeness (QED) is 0.523. The first-order valence-electron chi connectivity index (χ1n) is 10.9. The van der Waals surface area contributed by atoms with Crippen LogP contribution >= 0.6 is 0 Å². The summed E-state index contributed by atoms with van der Waals surface area (Å²) in [6.45, 7) is 3.27. The molecule has 166 valence electrons. The molecule has 0 bridgehead atoms. The molecule has 0 radical (unpaired) electrons. The molecule has 33 heavy (non-hydrogen) atoms. The van der Waals surface area contributed by atoms with Crippen molar-refractivity contribution in [1.82, 2.24) is 19.7 Å². The van der Waals surface area contributed by atoms with Crippen molar-refractivity contribution in [3.8, 4) is 22.6 Å². The van der Waals surface area contributed by atoms with Gasteiger partial charge in [-0.05, 0) is 18.2 Å². The number of hydrogen-bond acceptors (Lipinski definition) is 7. The van der Waals surface area contributed by atoms with Gasteiger partial charge in [0.1, 0.15) is 17.1 Å². The summed E-state index contributed by atoms with van der Waals surface area (Å²) < 4.78 is 1.31. The second-order valence-corrected chi connectivity index (χ2v) is 7.99. The maximum atomic E-state index is 11.9. The predicted molar refractivity (Wildman–Crippen MR) is 131 cm³/mol. The van der Waals surface area contributed by atoms with Crippen LogP contribution in [0.25, 0.3) is 22.6 Å². The third kappa shape index (κ3) is 4.15. The second kappa shape index (κ2) is 8.74. The molecule has 5 rings (SSSR count). The monoisotopic (exact) mass is 439 g/mol. The number of nitrogens with two attached hydrogens (primary N) is 1. The normalized spacial score (nSPS) is 13.8. The van der Waals surface area contributed by atoms with Crippen LogP contribution in [0.5, 0.6) is 0 Å². The average Bonchev–Trinajstić information content (AvgIpc) is 2.87. The predicted octanol–water partition coefficient (Wildman–Crippen LogP) is 2.81. The number of aryl methyl sites for hydroxylation is 1. The highest BCUT2D eigenvalue weighted by Crippen LogP contribution is 2.33. The van der Waals surface area contributed by atoms with Crippen molar-refractivity contribution < 1.29 is 0 Å². The zero-order valence-electron chi connectivity index (χ0n) is 18.4. The van der Waals surface area contributed by atoms with E-state index in [9.17, 15) is 4.79 Å². The molecule has 8 heteroatoms. The number of aromatic nitrogens is 4. The van der Waals surface area contributed by atoms with Gasteiger partial charge in [0.25, 0.3) is 5.56 Å². The van der Waals surface area contributed by atoms with E-state index >= 15 is 0 Å². The van der Waals surface area contributed by atoms with Crippen LogP contribution in [-0.4, -0.2) is 45.9 Å². The first kappa shape index (κ1) is 20.7. The van der Waals surface area contributed by atoms with Gasteiger partial charge in [-0.15, -0.1) is 0 Å². The summed E-state index contributed by atoms with van der Waals surface area (Å²) in [6.07, 6.45) is 0. The molecule has 3 heterocycles. The summed E-state index contributed by atoms with van der Waals surface area (Å²) in [7, 11) is 1.63. The highest BCUT2D eigenvalue weighted by atomic mass is 16.1. The maximum Gasteiger partial charge on any atom is 0.266 e. The Morgan fingerprint density at radius 1 is 0.758 bits per heavy atom. The number of anilines is 3. The Hall–Kier alpha value is -4.20. The highest BCUT2D eigenvalue weighted by molar-refractivity contribution is 5.80. The van der Waals surface area contributed by atoms with Gasteiger partial charge in [-0.1, -0.05) is 48.5 Å². The lowest BCUT2D eigenvalue weighted by Crippen LogP contribution is -2.47. The van der Waals surface area contributed by atoms with Crippen molar-refractivity contribution in [2.45, 2.75) is 0 Å². The Morgan fingerprint density at radius 2 is 1.39 bits per heavy atom. The second-order valence-electron chi connectivity index (χ2n) is 7.99. The Morgan fingerprint density at radius 3 is 2.06 bits per heavy atom. The standard InChI is InChI=1S/C25H25N7O/c1-30-21(33)13-12-20(29-30)23-22(18-8-4-2-5-9-18)27-24(26)25(28-23)32-16-14-31(15-17-32)19-10-6-3-7-11-19/h2-13H,14-17H2,1H3,(H2,26,27). The van der Waals surface area contributed by atoms with Crippen molar-refractivity contribution in [3.05, 3.63) is 83.2 Å². The first-order chi connectivity index (χ1) is 16.1. The van der Waals surface area contributed by atoms with E-state index in [1.807, 2.05) is 36.4 Å². The average molecular weight is 440 g/mol. The summed E-state index contributed by atoms with van der Waals surface area (Å²) in [5, 5.41) is 4.43. The lowest BCUT2D eigenvalue weighted by molar-refractivity contribution is 0.647. The number of piperazine rings is 1. The minimum absolute atomic E-state index is 0.180. The summed E-state index contributed by atoms with van der Waals surface area (Å²) in [6, 6.07) is 23.3. The smallest absolute Gasteiger partial charge is 0.266 e. The number of hydrogen-bond donors (Lipinski definition) is 1. The van der Waals surface area contributed by atoms with Crippen molar-refractivity contribution >= 4 is 17.3 Å². The zero-order valence-corrected chi connectivity index (χ0v) is 18.4. The van der Waals surface area contributed by atoms with Gasteiger partial charge < -0.3 is 15.5 Å². The van der Waals surface area contributed by atoms with E-state index in [2.05, 4.69) is 39.2 Å². The van der Waals surface area contributed by atoms with Gasteiger partial charge in [0.15, 0.2) is 11.6 Å². The largest absolute Gasteiger partial charge is 0.381 e. The molecule has 2 N–H and O–H groups in total. The van der Waals surface area contributed by atoms with Crippen LogP contribution in [-0.2, 0) is 7.05 Å². The van der Waals surface area contributed by atoms with Crippen LogP contribution in [0, 0.1) is 0 Å². The Bertz CT molecular complexity index is 1310. The lowest BCUT2D eigenvalue weighted by Gasteiger charge is -2.37. The highest BCUT2D eigenvalue weighted by Gasteiger charge is 2.24. The Kier molecular flexibility index (Phi) is 5.48. The van der Waals surface area contributed by atoms with E-state index in [1.54, 1.807) is 13.1 Å². The van der Waals surface area contributed by atoms with Crippen molar-refractivity contribution in [1.29, 1.82) is 0 Å². The van der Waals surface area contributed by atoms with Crippen LogP contribution < -0.4 is 21.1 Å². The summed E-state index contributed by atoms with van der Waals surface area (Å²) >= 11 is 0. The fourth-order valence-electron chi connectivity index (χ4n) is 4.09. The molecule has 1 aliphatic heterocycles. The van der Waals surface area contributed by atoms with Crippen LogP contribution in [0.2, 0.25) is 0 Å². The number of para-hydroxylation sites is 1. The number of benzene rings is 2. The zero-order chi connectivity index (χ0) is 22.8. The number of nitrogen functional groups attached to an aromatic ring is 1.